The molecular formula is C5H5NS3. The number of aromatic nitrogens is 1. The summed E-state index contributed by atoms with van der Waals surface area (Å²) >= 11 is 8.13. The van der Waals surface area contributed by atoms with Crippen LogP contribution in [0.15, 0.2) is 28.3 Å². The second kappa shape index (κ2) is 3.39. The zero-order valence-corrected chi connectivity index (χ0v) is 7.09. The number of pyridine rings is 1. The average molecular weight is 175 g/mol. The predicted octanol–water partition coefficient (Wildman–Crippen LogP) is 2.31. The minimum Gasteiger partial charge on any atom is -0.248 e. The van der Waals surface area contributed by atoms with Crippen molar-refractivity contribution in [1.29, 1.82) is 0 Å². The molecule has 0 atom stereocenters. The summed E-state index contributed by atoms with van der Waals surface area (Å²) in [6.07, 6.45) is 1.72. The fourth-order valence-electron chi connectivity index (χ4n) is 0.453. The highest BCUT2D eigenvalue weighted by Gasteiger charge is 1.94. The van der Waals surface area contributed by atoms with Crippen LogP contribution in [0.2, 0.25) is 0 Å². The van der Waals surface area contributed by atoms with Gasteiger partial charge >= 0.3 is 0 Å². The van der Waals surface area contributed by atoms with E-state index in [0.717, 1.165) is 9.92 Å². The van der Waals surface area contributed by atoms with Crippen LogP contribution in [0.5, 0.6) is 0 Å². The van der Waals surface area contributed by atoms with Crippen LogP contribution in [-0.4, -0.2) is 4.98 Å². The third-order valence-electron chi connectivity index (χ3n) is 0.838. The number of hydrogen-bond acceptors (Lipinski definition) is 4. The van der Waals surface area contributed by atoms with Gasteiger partial charge in [-0.2, -0.15) is 0 Å². The summed E-state index contributed by atoms with van der Waals surface area (Å²) in [6.45, 7) is 0. The Hall–Kier alpha value is 0.200. The molecule has 1 heterocycles. The fourth-order valence-corrected chi connectivity index (χ4v) is 1.66. The maximum atomic E-state index is 4.15. The smallest absolute Gasteiger partial charge is 0.120 e. The van der Waals surface area contributed by atoms with Gasteiger partial charge in [0.05, 0.1) is 0 Å². The highest BCUT2D eigenvalue weighted by Crippen LogP contribution is 2.24. The summed E-state index contributed by atoms with van der Waals surface area (Å²) in [6, 6.07) is 3.73. The van der Waals surface area contributed by atoms with E-state index >= 15 is 0 Å². The number of rotatable bonds is 1. The molecular weight excluding hydrogens is 170 g/mol. The first-order valence-electron chi connectivity index (χ1n) is 2.30. The minimum absolute atomic E-state index is 0.851. The van der Waals surface area contributed by atoms with Gasteiger partial charge in [0.2, 0.25) is 0 Å². The maximum absolute atomic E-state index is 4.15. The molecule has 0 bridgehead atoms. The van der Waals surface area contributed by atoms with E-state index in [1.165, 1.54) is 10.8 Å². The van der Waals surface area contributed by atoms with Gasteiger partial charge < -0.3 is 0 Å². The molecule has 1 aromatic heterocycles. The number of nitrogens with zero attached hydrogens (tertiary/aromatic N) is 1. The van der Waals surface area contributed by atoms with Gasteiger partial charge in [0.1, 0.15) is 5.03 Å². The van der Waals surface area contributed by atoms with E-state index in [4.69, 9.17) is 0 Å². The molecule has 1 aromatic rings. The molecule has 0 unspecified atom stereocenters. The normalized spacial score (nSPS) is 9.56. The third kappa shape index (κ3) is 1.81. The van der Waals surface area contributed by atoms with E-state index < -0.39 is 0 Å². The van der Waals surface area contributed by atoms with E-state index in [-0.39, 0.29) is 0 Å². The molecule has 1 nitrogen and oxygen atoms in total. The molecule has 0 radical (unpaired) electrons. The lowest BCUT2D eigenvalue weighted by Gasteiger charge is -1.94. The summed E-state index contributed by atoms with van der Waals surface area (Å²) in [7, 11) is 1.30. The van der Waals surface area contributed by atoms with Crippen molar-refractivity contribution in [2.75, 3.05) is 0 Å². The molecule has 0 saturated heterocycles. The Kier molecular flexibility index (Phi) is 2.75. The summed E-state index contributed by atoms with van der Waals surface area (Å²) in [4.78, 5) is 4.88. The van der Waals surface area contributed by atoms with Crippen molar-refractivity contribution in [2.24, 2.45) is 0 Å². The van der Waals surface area contributed by atoms with Crippen molar-refractivity contribution < 1.29 is 0 Å². The number of hydrogen-bond donors (Lipinski definition) is 2. The summed E-state index contributed by atoms with van der Waals surface area (Å²) < 4.78 is 0. The van der Waals surface area contributed by atoms with Gasteiger partial charge in [-0.3, -0.25) is 0 Å². The molecule has 48 valence electrons. The quantitative estimate of drug-likeness (QED) is 0.502. The monoisotopic (exact) mass is 175 g/mol. The Bertz CT molecular complexity index is 201. The summed E-state index contributed by atoms with van der Waals surface area (Å²) in [5, 5.41) is 0.851. The molecule has 0 spiro atoms. The zero-order valence-electron chi connectivity index (χ0n) is 4.48. The second-order valence-electron chi connectivity index (χ2n) is 1.42. The van der Waals surface area contributed by atoms with E-state index in [1.807, 2.05) is 12.1 Å². The summed E-state index contributed by atoms with van der Waals surface area (Å²) in [5.41, 5.74) is 0. The van der Waals surface area contributed by atoms with Crippen LogP contribution in [0.3, 0.4) is 0 Å². The van der Waals surface area contributed by atoms with Crippen LogP contribution in [0.1, 0.15) is 0 Å². The van der Waals surface area contributed by atoms with Crippen molar-refractivity contribution in [3.8, 4) is 0 Å². The topological polar surface area (TPSA) is 12.9 Å². The molecule has 0 fully saturated rings. The fraction of sp³-hybridized carbons (Fsp3) is 0. The van der Waals surface area contributed by atoms with Gasteiger partial charge in [0, 0.05) is 11.1 Å². The predicted molar refractivity (Wildman–Crippen MR) is 46.3 cm³/mol. The lowest BCUT2D eigenvalue weighted by molar-refractivity contribution is 1.05. The van der Waals surface area contributed by atoms with Crippen molar-refractivity contribution in [2.45, 2.75) is 9.92 Å². The van der Waals surface area contributed by atoms with Crippen molar-refractivity contribution in [1.82, 2.24) is 4.98 Å². The molecule has 0 N–H and O–H groups in total. The van der Waals surface area contributed by atoms with Gasteiger partial charge in [0.15, 0.2) is 0 Å². The highest BCUT2D eigenvalue weighted by atomic mass is 33.1. The first-order chi connectivity index (χ1) is 4.34. The first kappa shape index (κ1) is 7.31. The molecule has 0 aliphatic carbocycles. The van der Waals surface area contributed by atoms with Crippen LogP contribution in [0.25, 0.3) is 0 Å². The Morgan fingerprint density at radius 1 is 1.56 bits per heavy atom. The van der Waals surface area contributed by atoms with Crippen molar-refractivity contribution in [3.63, 3.8) is 0 Å². The Labute approximate surface area is 68.5 Å². The van der Waals surface area contributed by atoms with E-state index in [2.05, 4.69) is 29.3 Å². The first-order valence-corrected chi connectivity index (χ1v) is 4.61. The molecule has 0 saturated carbocycles. The Balaban J connectivity index is 3.01. The molecule has 4 heteroatoms. The van der Waals surface area contributed by atoms with Gasteiger partial charge in [-0.15, -0.1) is 24.3 Å². The summed E-state index contributed by atoms with van der Waals surface area (Å²) in [5.74, 6) is 0. The molecule has 0 aliphatic heterocycles. The van der Waals surface area contributed by atoms with Crippen LogP contribution < -0.4 is 0 Å². The Morgan fingerprint density at radius 3 is 2.78 bits per heavy atom. The molecule has 0 aromatic carbocycles. The van der Waals surface area contributed by atoms with E-state index in [1.54, 1.807) is 6.20 Å². The highest BCUT2D eigenvalue weighted by molar-refractivity contribution is 8.68. The number of thiol groups is 2. The van der Waals surface area contributed by atoms with Crippen molar-refractivity contribution >= 4 is 35.1 Å². The molecule has 0 amide bonds. The molecule has 0 aliphatic rings. The maximum Gasteiger partial charge on any atom is 0.120 e. The standard InChI is InChI=1S/C5H5NS3/c7-4-2-1-3-6-5(4)9-8/h1-3,7-8H. The van der Waals surface area contributed by atoms with Gasteiger partial charge in [-0.1, -0.05) is 0 Å². The van der Waals surface area contributed by atoms with E-state index in [9.17, 15) is 0 Å². The second-order valence-corrected chi connectivity index (χ2v) is 3.02. The van der Waals surface area contributed by atoms with Crippen LogP contribution >= 0.6 is 35.1 Å². The minimum atomic E-state index is 0.851. The average Bonchev–Trinajstić information content (AvgIpc) is 1.89. The molecule has 9 heavy (non-hydrogen) atoms. The third-order valence-corrected chi connectivity index (χ3v) is 2.37. The lowest BCUT2D eigenvalue weighted by Crippen LogP contribution is -1.75. The van der Waals surface area contributed by atoms with Crippen LogP contribution in [0, 0.1) is 0 Å². The Morgan fingerprint density at radius 2 is 2.33 bits per heavy atom. The van der Waals surface area contributed by atoms with Gasteiger partial charge in [-0.25, -0.2) is 4.98 Å². The molecule has 1 rings (SSSR count). The van der Waals surface area contributed by atoms with Crippen molar-refractivity contribution in [3.05, 3.63) is 18.3 Å². The SMILES string of the molecule is SSc1ncccc1S. The van der Waals surface area contributed by atoms with Crippen LogP contribution in [0.4, 0.5) is 0 Å². The lowest BCUT2D eigenvalue weighted by atomic mass is 10.5. The van der Waals surface area contributed by atoms with Crippen LogP contribution in [-0.2, 0) is 0 Å². The van der Waals surface area contributed by atoms with Gasteiger partial charge in [0.25, 0.3) is 0 Å². The zero-order chi connectivity index (χ0) is 6.69. The largest absolute Gasteiger partial charge is 0.248 e. The van der Waals surface area contributed by atoms with Gasteiger partial charge in [-0.05, 0) is 22.9 Å². The van der Waals surface area contributed by atoms with E-state index in [0.29, 0.717) is 0 Å².